The first kappa shape index (κ1) is 11.0. The van der Waals surface area contributed by atoms with Gasteiger partial charge in [0.1, 0.15) is 0 Å². The van der Waals surface area contributed by atoms with Gasteiger partial charge in [-0.25, -0.2) is 0 Å². The van der Waals surface area contributed by atoms with E-state index in [2.05, 4.69) is 6.58 Å². The Morgan fingerprint density at radius 3 is 2.64 bits per heavy atom. The number of hydrogen-bond acceptors (Lipinski definition) is 1. The maximum absolute atomic E-state index is 11.6. The predicted molar refractivity (Wildman–Crippen MR) is 60.0 cm³/mol. The van der Waals surface area contributed by atoms with Crippen LogP contribution in [0.2, 0.25) is 5.02 Å². The molecule has 0 radical (unpaired) electrons. The Kier molecular flexibility index (Phi) is 3.48. The Balaban J connectivity index is 2.96. The van der Waals surface area contributed by atoms with Crippen LogP contribution in [0.4, 0.5) is 0 Å². The lowest BCUT2D eigenvalue weighted by Gasteiger charge is -2.03. The van der Waals surface area contributed by atoms with Gasteiger partial charge in [-0.05, 0) is 31.5 Å². The highest BCUT2D eigenvalue weighted by Crippen LogP contribution is 2.20. The molecule has 0 aliphatic rings. The van der Waals surface area contributed by atoms with E-state index in [4.69, 9.17) is 11.6 Å². The summed E-state index contributed by atoms with van der Waals surface area (Å²) < 4.78 is 0. The highest BCUT2D eigenvalue weighted by atomic mass is 35.5. The van der Waals surface area contributed by atoms with E-state index in [0.717, 1.165) is 11.1 Å². The van der Waals surface area contributed by atoms with Gasteiger partial charge in [-0.15, -0.1) is 0 Å². The molecule has 0 spiro atoms. The molecule has 0 N–H and O–H groups in total. The van der Waals surface area contributed by atoms with E-state index < -0.39 is 0 Å². The third-order valence-corrected chi connectivity index (χ3v) is 2.20. The number of Topliss-reactive ketones (excluding diaryl/α,β-unsaturated/α-hetero) is 1. The summed E-state index contributed by atoms with van der Waals surface area (Å²) in [4.78, 5) is 11.6. The van der Waals surface area contributed by atoms with Crippen LogP contribution in [0, 0.1) is 6.92 Å². The molecule has 0 saturated heterocycles. The van der Waals surface area contributed by atoms with Crippen molar-refractivity contribution in [3.8, 4) is 0 Å². The third-order valence-electron chi connectivity index (χ3n) is 1.89. The number of rotatable bonds is 3. The fraction of sp³-hybridized carbons (Fsp3) is 0.250. The summed E-state index contributed by atoms with van der Waals surface area (Å²) in [6.07, 6.45) is 0.364. The average Bonchev–Trinajstić information content (AvgIpc) is 2.01. The Labute approximate surface area is 89.4 Å². The van der Waals surface area contributed by atoms with Gasteiger partial charge < -0.3 is 0 Å². The zero-order chi connectivity index (χ0) is 10.7. The number of benzene rings is 1. The van der Waals surface area contributed by atoms with Crippen LogP contribution in [0.5, 0.6) is 0 Å². The Bertz CT molecular complexity index is 380. The van der Waals surface area contributed by atoms with Crippen molar-refractivity contribution >= 4 is 17.4 Å². The lowest BCUT2D eigenvalue weighted by molar-refractivity contribution is 0.0993. The summed E-state index contributed by atoms with van der Waals surface area (Å²) >= 11 is 5.96. The molecule has 0 atom stereocenters. The molecule has 0 saturated carbocycles. The molecule has 14 heavy (non-hydrogen) atoms. The van der Waals surface area contributed by atoms with Crippen molar-refractivity contribution in [2.45, 2.75) is 20.3 Å². The molecular formula is C12H13ClO. The monoisotopic (exact) mass is 208 g/mol. The Morgan fingerprint density at radius 2 is 2.14 bits per heavy atom. The van der Waals surface area contributed by atoms with Crippen LogP contribution in [0.25, 0.3) is 0 Å². The first-order valence-electron chi connectivity index (χ1n) is 4.44. The first-order valence-corrected chi connectivity index (χ1v) is 4.82. The molecule has 1 aromatic carbocycles. The van der Waals surface area contributed by atoms with Gasteiger partial charge in [0.05, 0.1) is 5.02 Å². The molecule has 1 rings (SSSR count). The maximum atomic E-state index is 11.6. The summed E-state index contributed by atoms with van der Waals surface area (Å²) in [6, 6.07) is 5.45. The minimum Gasteiger partial charge on any atom is -0.294 e. The molecule has 0 amide bonds. The van der Waals surface area contributed by atoms with Crippen molar-refractivity contribution in [2.75, 3.05) is 0 Å². The van der Waals surface area contributed by atoms with Crippen LogP contribution >= 0.6 is 11.6 Å². The maximum Gasteiger partial charge on any atom is 0.168 e. The topological polar surface area (TPSA) is 17.1 Å². The fourth-order valence-electron chi connectivity index (χ4n) is 1.22. The summed E-state index contributed by atoms with van der Waals surface area (Å²) in [7, 11) is 0. The molecule has 0 fully saturated rings. The van der Waals surface area contributed by atoms with Crippen molar-refractivity contribution in [3.63, 3.8) is 0 Å². The van der Waals surface area contributed by atoms with Gasteiger partial charge in [0, 0.05) is 12.0 Å². The van der Waals surface area contributed by atoms with Crippen molar-refractivity contribution in [3.05, 3.63) is 46.5 Å². The summed E-state index contributed by atoms with van der Waals surface area (Å²) in [5.41, 5.74) is 2.49. The zero-order valence-corrected chi connectivity index (χ0v) is 9.19. The van der Waals surface area contributed by atoms with E-state index in [1.165, 1.54) is 0 Å². The predicted octanol–water partition coefficient (Wildman–Crippen LogP) is 3.80. The molecule has 1 aromatic rings. The lowest BCUT2D eigenvalue weighted by Crippen LogP contribution is -2.00. The quantitative estimate of drug-likeness (QED) is 0.546. The number of halogens is 1. The highest BCUT2D eigenvalue weighted by Gasteiger charge is 2.09. The van der Waals surface area contributed by atoms with E-state index in [1.807, 2.05) is 19.9 Å². The highest BCUT2D eigenvalue weighted by molar-refractivity contribution is 6.34. The van der Waals surface area contributed by atoms with Crippen LogP contribution in [0.15, 0.2) is 30.4 Å². The van der Waals surface area contributed by atoms with Gasteiger partial charge in [-0.1, -0.05) is 29.8 Å². The summed E-state index contributed by atoms with van der Waals surface area (Å²) in [5.74, 6) is 0.0301. The van der Waals surface area contributed by atoms with Crippen LogP contribution in [0.3, 0.4) is 0 Å². The van der Waals surface area contributed by atoms with E-state index in [1.54, 1.807) is 12.1 Å². The molecule has 0 unspecified atom stereocenters. The standard InChI is InChI=1S/C12H13ClO/c1-8(2)6-12(14)10-5-4-9(3)7-11(10)13/h4-5,7H,1,6H2,2-3H3. The Morgan fingerprint density at radius 1 is 1.50 bits per heavy atom. The number of aryl methyl sites for hydroxylation is 1. The second-order valence-corrected chi connectivity index (χ2v) is 3.95. The van der Waals surface area contributed by atoms with Crippen molar-refractivity contribution in [1.29, 1.82) is 0 Å². The number of carbonyl (C=O) groups excluding carboxylic acids is 1. The largest absolute Gasteiger partial charge is 0.294 e. The van der Waals surface area contributed by atoms with Crippen molar-refractivity contribution in [1.82, 2.24) is 0 Å². The van der Waals surface area contributed by atoms with E-state index in [0.29, 0.717) is 17.0 Å². The number of ketones is 1. The molecule has 74 valence electrons. The van der Waals surface area contributed by atoms with Gasteiger partial charge in [0.25, 0.3) is 0 Å². The molecule has 0 bridgehead atoms. The zero-order valence-electron chi connectivity index (χ0n) is 8.43. The minimum absolute atomic E-state index is 0.0301. The van der Waals surface area contributed by atoms with Gasteiger partial charge in [0.2, 0.25) is 0 Å². The van der Waals surface area contributed by atoms with Crippen LogP contribution in [0.1, 0.15) is 29.3 Å². The van der Waals surface area contributed by atoms with Crippen molar-refractivity contribution < 1.29 is 4.79 Å². The molecular weight excluding hydrogens is 196 g/mol. The molecule has 0 heterocycles. The molecule has 0 aliphatic heterocycles. The second-order valence-electron chi connectivity index (χ2n) is 3.54. The second kappa shape index (κ2) is 4.43. The fourth-order valence-corrected chi connectivity index (χ4v) is 1.56. The van der Waals surface area contributed by atoms with Crippen molar-refractivity contribution in [2.24, 2.45) is 0 Å². The SMILES string of the molecule is C=C(C)CC(=O)c1ccc(C)cc1Cl. The summed E-state index contributed by atoms with van der Waals surface area (Å²) in [5, 5.41) is 0.524. The van der Waals surface area contributed by atoms with E-state index in [9.17, 15) is 4.79 Å². The van der Waals surface area contributed by atoms with Crippen LogP contribution < -0.4 is 0 Å². The number of allylic oxidation sites excluding steroid dienone is 1. The first-order chi connectivity index (χ1) is 6.50. The van der Waals surface area contributed by atoms with E-state index in [-0.39, 0.29) is 5.78 Å². The normalized spacial score (nSPS) is 9.93. The smallest absolute Gasteiger partial charge is 0.168 e. The minimum atomic E-state index is 0.0301. The summed E-state index contributed by atoms with van der Waals surface area (Å²) in [6.45, 7) is 7.48. The van der Waals surface area contributed by atoms with Gasteiger partial charge >= 0.3 is 0 Å². The van der Waals surface area contributed by atoms with Gasteiger partial charge in [-0.2, -0.15) is 0 Å². The Hall–Kier alpha value is -1.08. The molecule has 1 nitrogen and oxygen atoms in total. The van der Waals surface area contributed by atoms with Crippen LogP contribution in [-0.2, 0) is 0 Å². The third kappa shape index (κ3) is 2.71. The molecule has 0 aromatic heterocycles. The van der Waals surface area contributed by atoms with Crippen LogP contribution in [-0.4, -0.2) is 5.78 Å². The lowest BCUT2D eigenvalue weighted by atomic mass is 10.0. The van der Waals surface area contributed by atoms with E-state index >= 15 is 0 Å². The molecule has 0 aliphatic carbocycles. The van der Waals surface area contributed by atoms with Gasteiger partial charge in [-0.3, -0.25) is 4.79 Å². The van der Waals surface area contributed by atoms with Gasteiger partial charge in [0.15, 0.2) is 5.78 Å². The average molecular weight is 209 g/mol. The molecule has 2 heteroatoms. The number of hydrogen-bond donors (Lipinski definition) is 0. The number of carbonyl (C=O) groups is 1.